The zero-order valence-corrected chi connectivity index (χ0v) is 20.6. The molecule has 1 N–H and O–H groups in total. The van der Waals surface area contributed by atoms with Crippen molar-refractivity contribution in [3.63, 3.8) is 0 Å². The summed E-state index contributed by atoms with van der Waals surface area (Å²) in [5.41, 5.74) is 6.37. The molecule has 3 heterocycles. The van der Waals surface area contributed by atoms with E-state index < -0.39 is 0 Å². The van der Waals surface area contributed by atoms with Crippen LogP contribution in [0.25, 0.3) is 22.2 Å². The third-order valence-electron chi connectivity index (χ3n) is 6.30. The summed E-state index contributed by atoms with van der Waals surface area (Å²) in [6.45, 7) is 3.79. The van der Waals surface area contributed by atoms with E-state index in [1.165, 1.54) is 16.6 Å². The monoisotopic (exact) mass is 468 g/mol. The number of rotatable bonds is 4. The highest BCUT2D eigenvalue weighted by atomic mass is 16.5. The minimum Gasteiger partial charge on any atom is -0.373 e. The molecule has 0 saturated carbocycles. The fraction of sp³-hybridized carbons (Fsp3) is 0.286. The molecule has 0 aliphatic carbocycles. The highest BCUT2D eigenvalue weighted by molar-refractivity contribution is 5.85. The Kier molecular flexibility index (Phi) is 6.79. The molecule has 0 unspecified atom stereocenters. The molecule has 5 rings (SSSR count). The van der Waals surface area contributed by atoms with Crippen molar-refractivity contribution < 1.29 is 4.74 Å². The van der Waals surface area contributed by atoms with Crippen LogP contribution in [0.2, 0.25) is 0 Å². The van der Waals surface area contributed by atoms with Gasteiger partial charge in [-0.1, -0.05) is 24.3 Å². The second kappa shape index (κ2) is 10.3. The Balaban J connectivity index is 1.50. The Morgan fingerprint density at radius 1 is 1.00 bits per heavy atom. The summed E-state index contributed by atoms with van der Waals surface area (Å²) in [6, 6.07) is 16.9. The van der Waals surface area contributed by atoms with E-state index in [1.807, 2.05) is 6.07 Å². The van der Waals surface area contributed by atoms with E-state index in [-0.39, 0.29) is 0 Å². The Bertz CT molecular complexity index is 1340. The lowest BCUT2D eigenvalue weighted by molar-refractivity contribution is 0.149. The van der Waals surface area contributed by atoms with Gasteiger partial charge >= 0.3 is 0 Å². The number of nitrogens with zero attached hydrogens (tertiary/aromatic N) is 5. The standard InChI is InChI=1S/C28H32N6O/c1-32(2)15-16-33(3)26-9-8-24-18-23(26)20-35-17-5-4-13-34-14-11-21-6-7-22(19-27(21)34)25-10-12-29-28(30-24)31-25/h4-12,14,18-19H,13,15-17,20H2,1-3H3,(H,29,30,31)/b5-4-. The van der Waals surface area contributed by atoms with E-state index in [0.717, 1.165) is 42.1 Å². The predicted molar refractivity (Wildman–Crippen MR) is 143 cm³/mol. The molecule has 7 heteroatoms. The van der Waals surface area contributed by atoms with Gasteiger partial charge in [-0.2, -0.15) is 0 Å². The zero-order chi connectivity index (χ0) is 24.2. The van der Waals surface area contributed by atoms with E-state index in [9.17, 15) is 0 Å². The molecule has 1 aliphatic rings. The van der Waals surface area contributed by atoms with E-state index in [0.29, 0.717) is 19.2 Å². The van der Waals surface area contributed by atoms with Crippen LogP contribution < -0.4 is 10.2 Å². The molecule has 35 heavy (non-hydrogen) atoms. The van der Waals surface area contributed by atoms with Crippen LogP contribution >= 0.6 is 0 Å². The average Bonchev–Trinajstić information content (AvgIpc) is 3.26. The molecular formula is C28H32N6O. The molecule has 0 spiro atoms. The van der Waals surface area contributed by atoms with Gasteiger partial charge in [0.15, 0.2) is 0 Å². The molecule has 1 aliphatic heterocycles. The van der Waals surface area contributed by atoms with Crippen LogP contribution in [0.15, 0.2) is 73.1 Å². The van der Waals surface area contributed by atoms with Gasteiger partial charge in [0.05, 0.1) is 18.9 Å². The molecule has 6 bridgehead atoms. The lowest BCUT2D eigenvalue weighted by Gasteiger charge is -2.25. The molecule has 0 fully saturated rings. The minimum atomic E-state index is 0.525. The number of ether oxygens (including phenoxy) is 1. The maximum atomic E-state index is 6.06. The van der Waals surface area contributed by atoms with Gasteiger partial charge in [0.25, 0.3) is 0 Å². The summed E-state index contributed by atoms with van der Waals surface area (Å²) in [7, 11) is 6.32. The molecular weight excluding hydrogens is 436 g/mol. The van der Waals surface area contributed by atoms with Crippen LogP contribution in [0.3, 0.4) is 0 Å². The van der Waals surface area contributed by atoms with Crippen LogP contribution in [0.5, 0.6) is 0 Å². The van der Waals surface area contributed by atoms with Crippen LogP contribution in [0.4, 0.5) is 17.3 Å². The Morgan fingerprint density at radius 2 is 1.91 bits per heavy atom. The van der Waals surface area contributed by atoms with Crippen LogP contribution in [0, 0.1) is 0 Å². The molecule has 0 atom stereocenters. The fourth-order valence-corrected chi connectivity index (χ4v) is 4.33. The largest absolute Gasteiger partial charge is 0.373 e. The lowest BCUT2D eigenvalue weighted by atomic mass is 10.1. The number of likely N-dealkylation sites (N-methyl/N-ethyl adjacent to an activating group) is 2. The lowest BCUT2D eigenvalue weighted by Crippen LogP contribution is -2.29. The van der Waals surface area contributed by atoms with E-state index in [1.54, 1.807) is 6.20 Å². The van der Waals surface area contributed by atoms with Crippen molar-refractivity contribution in [1.82, 2.24) is 19.4 Å². The average molecular weight is 469 g/mol. The summed E-state index contributed by atoms with van der Waals surface area (Å²) < 4.78 is 8.31. The Hall–Kier alpha value is -3.68. The fourth-order valence-electron chi connectivity index (χ4n) is 4.33. The summed E-state index contributed by atoms with van der Waals surface area (Å²) in [5, 5.41) is 4.61. The second-order valence-electron chi connectivity index (χ2n) is 9.19. The summed E-state index contributed by atoms with van der Waals surface area (Å²) in [4.78, 5) is 13.7. The van der Waals surface area contributed by atoms with Gasteiger partial charge in [0, 0.05) is 67.1 Å². The number of nitrogens with one attached hydrogen (secondary N) is 1. The van der Waals surface area contributed by atoms with Crippen molar-refractivity contribution in [2.75, 3.05) is 51.1 Å². The van der Waals surface area contributed by atoms with Crippen molar-refractivity contribution >= 4 is 28.2 Å². The van der Waals surface area contributed by atoms with Crippen LogP contribution in [0.1, 0.15) is 5.56 Å². The van der Waals surface area contributed by atoms with E-state index in [4.69, 9.17) is 9.72 Å². The van der Waals surface area contributed by atoms with Crippen molar-refractivity contribution in [3.8, 4) is 11.3 Å². The highest BCUT2D eigenvalue weighted by Crippen LogP contribution is 2.28. The van der Waals surface area contributed by atoms with Gasteiger partial charge in [0.1, 0.15) is 0 Å². The maximum Gasteiger partial charge on any atom is 0.227 e. The van der Waals surface area contributed by atoms with Gasteiger partial charge in [-0.15, -0.1) is 0 Å². The number of hydrogen-bond acceptors (Lipinski definition) is 6. The normalized spacial score (nSPS) is 14.6. The topological polar surface area (TPSA) is 58.5 Å². The Labute approximate surface area is 206 Å². The SMILES string of the molecule is CN(C)CCN(C)c1ccc2cc1COC/C=C\Cn1ccc3ccc(cc31)-c1ccnc(n1)N2. The van der Waals surface area contributed by atoms with Crippen molar-refractivity contribution in [3.05, 3.63) is 78.6 Å². The molecule has 2 aromatic carbocycles. The quantitative estimate of drug-likeness (QED) is 0.429. The van der Waals surface area contributed by atoms with Gasteiger partial charge in [-0.05, 0) is 55.9 Å². The number of fused-ring (bicyclic) bond motifs is 6. The number of aromatic nitrogens is 3. The summed E-state index contributed by atoms with van der Waals surface area (Å²) >= 11 is 0. The summed E-state index contributed by atoms with van der Waals surface area (Å²) in [6.07, 6.45) is 8.19. The molecule has 7 nitrogen and oxygen atoms in total. The maximum absolute atomic E-state index is 6.06. The van der Waals surface area contributed by atoms with Gasteiger partial charge in [-0.25, -0.2) is 9.97 Å². The van der Waals surface area contributed by atoms with Crippen molar-refractivity contribution in [2.24, 2.45) is 0 Å². The van der Waals surface area contributed by atoms with Crippen molar-refractivity contribution in [2.45, 2.75) is 13.2 Å². The van der Waals surface area contributed by atoms with Gasteiger partial charge < -0.3 is 24.4 Å². The third kappa shape index (κ3) is 5.37. The van der Waals surface area contributed by atoms with Gasteiger partial charge in [0.2, 0.25) is 5.95 Å². The van der Waals surface area contributed by atoms with E-state index >= 15 is 0 Å². The first-order valence-corrected chi connectivity index (χ1v) is 12.0. The molecule has 2 aromatic heterocycles. The van der Waals surface area contributed by atoms with Crippen molar-refractivity contribution in [1.29, 1.82) is 0 Å². The Morgan fingerprint density at radius 3 is 2.80 bits per heavy atom. The zero-order valence-electron chi connectivity index (χ0n) is 20.6. The van der Waals surface area contributed by atoms with Gasteiger partial charge in [-0.3, -0.25) is 0 Å². The summed E-state index contributed by atoms with van der Waals surface area (Å²) in [5.74, 6) is 0.574. The molecule has 4 aromatic rings. The number of anilines is 3. The van der Waals surface area contributed by atoms with Crippen LogP contribution in [-0.4, -0.2) is 60.3 Å². The number of allylic oxidation sites excluding steroid dienone is 1. The second-order valence-corrected chi connectivity index (χ2v) is 9.19. The molecule has 180 valence electrons. The highest BCUT2D eigenvalue weighted by Gasteiger charge is 2.12. The predicted octanol–water partition coefficient (Wildman–Crippen LogP) is 4.93. The molecule has 0 amide bonds. The first-order chi connectivity index (χ1) is 17.1. The number of hydrogen-bond donors (Lipinski definition) is 1. The molecule has 0 saturated heterocycles. The smallest absolute Gasteiger partial charge is 0.227 e. The number of benzene rings is 2. The first-order valence-electron chi connectivity index (χ1n) is 12.0. The van der Waals surface area contributed by atoms with Crippen LogP contribution in [-0.2, 0) is 17.9 Å². The molecule has 0 radical (unpaired) electrons. The minimum absolute atomic E-state index is 0.525. The van der Waals surface area contributed by atoms with E-state index in [2.05, 4.69) is 107 Å². The first kappa shape index (κ1) is 23.1. The third-order valence-corrected chi connectivity index (χ3v) is 6.30.